The number of hydrogen-bond donors (Lipinski definition) is 0. The number of carbonyl (C=O) groups excluding carboxylic acids is 1. The maximum atomic E-state index is 13.4. The standard InChI is InChI=1S/C12HF23O2/c13-1(14)3(15,16)5(19,20)7(23,24)9(27,28)11(31,32)12(33,34)10(29,30)8(25,26)6(21,22)4(17,18)2(36)37-35/h1H. The Bertz CT molecular complexity index is 856. The van der Waals surface area contributed by atoms with Gasteiger partial charge >= 0.3 is 71.6 Å². The summed E-state index contributed by atoms with van der Waals surface area (Å²) < 4.78 is 298. The second kappa shape index (κ2) is 8.69. The van der Waals surface area contributed by atoms with Crippen molar-refractivity contribution >= 4 is 5.97 Å². The van der Waals surface area contributed by atoms with Gasteiger partial charge in [-0.25, -0.2) is 18.5 Å². The lowest BCUT2D eigenvalue weighted by atomic mass is 9.85. The van der Waals surface area contributed by atoms with Gasteiger partial charge in [0, 0.05) is 4.53 Å². The fourth-order valence-corrected chi connectivity index (χ4v) is 1.90. The summed E-state index contributed by atoms with van der Waals surface area (Å²) in [7, 11) is 0. The molecule has 0 aliphatic rings. The summed E-state index contributed by atoms with van der Waals surface area (Å²) in [5.74, 6) is -93.1. The van der Waals surface area contributed by atoms with Crippen LogP contribution in [0.5, 0.6) is 0 Å². The first-order valence-corrected chi connectivity index (χ1v) is 7.57. The van der Waals surface area contributed by atoms with Crippen molar-refractivity contribution in [3.05, 3.63) is 0 Å². The number of hydrogen-bond acceptors (Lipinski definition) is 2. The van der Waals surface area contributed by atoms with Crippen LogP contribution in [0.15, 0.2) is 0 Å². The van der Waals surface area contributed by atoms with Crippen LogP contribution in [0.1, 0.15) is 0 Å². The zero-order valence-corrected chi connectivity index (χ0v) is 15.6. The Morgan fingerprint density at radius 2 is 0.649 bits per heavy atom. The zero-order chi connectivity index (χ0) is 30.9. The zero-order valence-electron chi connectivity index (χ0n) is 15.6. The van der Waals surface area contributed by atoms with E-state index >= 15 is 0 Å². The summed E-state index contributed by atoms with van der Waals surface area (Å²) >= 11 is 0. The molecule has 37 heavy (non-hydrogen) atoms. The van der Waals surface area contributed by atoms with E-state index in [1.807, 2.05) is 0 Å². The molecule has 0 unspecified atom stereocenters. The van der Waals surface area contributed by atoms with Crippen molar-refractivity contribution in [3.63, 3.8) is 0 Å². The van der Waals surface area contributed by atoms with Gasteiger partial charge in [-0.2, -0.15) is 87.8 Å². The molecule has 0 aliphatic carbocycles. The van der Waals surface area contributed by atoms with E-state index in [1.54, 1.807) is 0 Å². The normalized spacial score (nSPS) is 16.3. The van der Waals surface area contributed by atoms with Crippen LogP contribution in [0.2, 0.25) is 0 Å². The van der Waals surface area contributed by atoms with Crippen LogP contribution in [0.25, 0.3) is 0 Å². The molecule has 0 rings (SSSR count). The van der Waals surface area contributed by atoms with E-state index in [-0.39, 0.29) is 0 Å². The Kier molecular flexibility index (Phi) is 8.19. The Hall–Kier alpha value is -2.14. The molecule has 0 bridgehead atoms. The van der Waals surface area contributed by atoms with Crippen molar-refractivity contribution in [3.8, 4) is 0 Å². The van der Waals surface area contributed by atoms with Crippen LogP contribution in [0, 0.1) is 0 Å². The van der Waals surface area contributed by atoms with Gasteiger partial charge in [-0.15, -0.1) is 0 Å². The van der Waals surface area contributed by atoms with Crippen molar-refractivity contribution in [1.29, 1.82) is 0 Å². The van der Waals surface area contributed by atoms with E-state index in [1.165, 1.54) is 4.94 Å². The molecule has 0 saturated heterocycles. The Balaban J connectivity index is 7.19. The summed E-state index contributed by atoms with van der Waals surface area (Å²) in [6.07, 6.45) is -6.24. The lowest BCUT2D eigenvalue weighted by Crippen LogP contribution is -2.77. The van der Waals surface area contributed by atoms with Gasteiger partial charge in [-0.1, -0.05) is 0 Å². The number of alkyl halides is 22. The molecule has 0 aromatic rings. The molecule has 0 fully saturated rings. The van der Waals surface area contributed by atoms with Crippen molar-refractivity contribution in [2.24, 2.45) is 0 Å². The van der Waals surface area contributed by atoms with Gasteiger partial charge in [-0.3, -0.25) is 0 Å². The Labute approximate surface area is 184 Å². The molecule has 0 aromatic carbocycles. The van der Waals surface area contributed by atoms with Gasteiger partial charge in [0.25, 0.3) is 0 Å². The minimum Gasteiger partial charge on any atom is -0.248 e. The van der Waals surface area contributed by atoms with Gasteiger partial charge in [0.1, 0.15) is 0 Å². The summed E-state index contributed by atoms with van der Waals surface area (Å²) in [6.45, 7) is 0. The fraction of sp³-hybridized carbons (Fsp3) is 0.917. The highest BCUT2D eigenvalue weighted by Gasteiger charge is 2.98. The quantitative estimate of drug-likeness (QED) is 0.234. The van der Waals surface area contributed by atoms with Gasteiger partial charge in [-0.05, 0) is 0 Å². The molecule has 0 N–H and O–H groups in total. The topological polar surface area (TPSA) is 26.3 Å². The number of carbonyl (C=O) groups is 1. The van der Waals surface area contributed by atoms with E-state index in [9.17, 15) is 106 Å². The highest BCUT2D eigenvalue weighted by atomic mass is 19.4. The molecule has 0 atom stereocenters. The third kappa shape index (κ3) is 3.99. The Morgan fingerprint density at radius 1 is 0.432 bits per heavy atom. The van der Waals surface area contributed by atoms with Gasteiger partial charge in [0.2, 0.25) is 0 Å². The minimum atomic E-state index is -9.41. The second-order valence-corrected chi connectivity index (χ2v) is 6.46. The molecular formula is C12HF23O2. The van der Waals surface area contributed by atoms with Crippen LogP contribution in [0.3, 0.4) is 0 Å². The monoisotopic (exact) mass is 614 g/mol. The van der Waals surface area contributed by atoms with Gasteiger partial charge in [0.05, 0.1) is 0 Å². The smallest absolute Gasteiger partial charge is 0.248 e. The Morgan fingerprint density at radius 3 is 0.865 bits per heavy atom. The maximum absolute atomic E-state index is 13.4. The van der Waals surface area contributed by atoms with Crippen LogP contribution >= 0.6 is 0 Å². The van der Waals surface area contributed by atoms with E-state index in [2.05, 4.69) is 0 Å². The largest absolute Gasteiger partial charge is 0.424 e. The molecule has 2 nitrogen and oxygen atoms in total. The molecule has 0 aliphatic heterocycles. The van der Waals surface area contributed by atoms with E-state index < -0.39 is 71.6 Å². The number of rotatable bonds is 11. The van der Waals surface area contributed by atoms with Crippen LogP contribution < -0.4 is 0 Å². The molecular weight excluding hydrogens is 613 g/mol. The van der Waals surface area contributed by atoms with Crippen LogP contribution in [0.4, 0.5) is 101 Å². The first-order valence-electron chi connectivity index (χ1n) is 7.57. The van der Waals surface area contributed by atoms with Crippen LogP contribution in [-0.2, 0) is 9.74 Å². The predicted octanol–water partition coefficient (Wildman–Crippen LogP) is 7.03. The summed E-state index contributed by atoms with van der Waals surface area (Å²) in [6, 6.07) is 0. The third-order valence-corrected chi connectivity index (χ3v) is 4.17. The highest BCUT2D eigenvalue weighted by Crippen LogP contribution is 2.66. The van der Waals surface area contributed by atoms with Crippen molar-refractivity contribution < 1.29 is 111 Å². The molecule has 0 heterocycles. The third-order valence-electron chi connectivity index (χ3n) is 4.17. The summed E-state index contributed by atoms with van der Waals surface area (Å²) in [5.41, 5.74) is 0. The molecule has 0 saturated carbocycles. The number of halogens is 23. The summed E-state index contributed by atoms with van der Waals surface area (Å²) in [5, 5.41) is 0. The first kappa shape index (κ1) is 34.9. The molecule has 0 radical (unpaired) electrons. The molecule has 0 amide bonds. The van der Waals surface area contributed by atoms with Gasteiger partial charge in [0.15, 0.2) is 0 Å². The van der Waals surface area contributed by atoms with E-state index in [4.69, 9.17) is 0 Å². The first-order chi connectivity index (χ1) is 15.7. The van der Waals surface area contributed by atoms with Crippen molar-refractivity contribution in [2.45, 2.75) is 65.7 Å². The minimum absolute atomic E-state index is 1.23. The SMILES string of the molecule is O=C(OF)C(F)(F)C(F)(F)C(F)(F)C(F)(F)C(F)(F)C(F)(F)C(F)(F)C(F)(F)C(F)(F)C(F)(F)C(F)F. The lowest BCUT2D eigenvalue weighted by molar-refractivity contribution is -0.470. The molecule has 0 aromatic heterocycles. The second-order valence-electron chi connectivity index (χ2n) is 6.46. The van der Waals surface area contributed by atoms with Crippen molar-refractivity contribution in [1.82, 2.24) is 0 Å². The predicted molar refractivity (Wildman–Crippen MR) is 62.7 cm³/mol. The molecule has 25 heteroatoms. The maximum Gasteiger partial charge on any atom is 0.424 e. The summed E-state index contributed by atoms with van der Waals surface area (Å²) in [4.78, 5) is 11.3. The van der Waals surface area contributed by atoms with Crippen LogP contribution in [-0.4, -0.2) is 71.6 Å². The van der Waals surface area contributed by atoms with Gasteiger partial charge < -0.3 is 0 Å². The lowest BCUT2D eigenvalue weighted by Gasteiger charge is -2.44. The van der Waals surface area contributed by atoms with Crippen molar-refractivity contribution in [2.75, 3.05) is 0 Å². The van der Waals surface area contributed by atoms with E-state index in [0.29, 0.717) is 0 Å². The molecule has 0 spiro atoms. The average Bonchev–Trinajstić information content (AvgIpc) is 2.71. The average molecular weight is 614 g/mol. The fourth-order valence-electron chi connectivity index (χ4n) is 1.90. The molecule has 222 valence electrons. The van der Waals surface area contributed by atoms with E-state index in [0.717, 1.165) is 0 Å². The highest BCUT2D eigenvalue weighted by molar-refractivity contribution is 5.78.